The summed E-state index contributed by atoms with van der Waals surface area (Å²) in [6.07, 6.45) is -4.51. The van der Waals surface area contributed by atoms with E-state index >= 15 is 0 Å². The van der Waals surface area contributed by atoms with Gasteiger partial charge in [-0.1, -0.05) is 50.9 Å². The topological polar surface area (TPSA) is 272 Å². The highest BCUT2D eigenvalue weighted by Gasteiger charge is 2.39. The molecule has 3 saturated heterocycles. The van der Waals surface area contributed by atoms with Crippen molar-refractivity contribution in [3.63, 3.8) is 0 Å². The molecule has 0 saturated carbocycles. The third-order valence-corrected chi connectivity index (χ3v) is 11.0. The highest BCUT2D eigenvalue weighted by atomic mass is 35.5. The van der Waals surface area contributed by atoms with Crippen LogP contribution < -0.4 is 9.47 Å². The fraction of sp³-hybridized carbons (Fsp3) is 0.625. The second-order valence-corrected chi connectivity index (χ2v) is 15.9. The van der Waals surface area contributed by atoms with E-state index < -0.39 is 53.6 Å². The molecule has 0 aliphatic carbocycles. The number of aliphatic hydroxyl groups is 3. The molecule has 3 N–H and O–H groups in total. The number of non-ortho nitro benzene ring substituents is 2. The predicted molar refractivity (Wildman–Crippen MR) is 218 cm³/mol. The molecule has 0 amide bonds. The first kappa shape index (κ1) is 51.9. The molecule has 346 valence electrons. The van der Waals surface area contributed by atoms with E-state index in [4.69, 9.17) is 66.2 Å². The molecular formula is C40H54Cl2N2O18. The Balaban J connectivity index is 0.000000252. The Labute approximate surface area is 367 Å². The monoisotopic (exact) mass is 920 g/mol. The lowest BCUT2D eigenvalue weighted by atomic mass is 9.86. The van der Waals surface area contributed by atoms with E-state index in [1.807, 2.05) is 13.8 Å². The van der Waals surface area contributed by atoms with Crippen LogP contribution in [0.5, 0.6) is 11.5 Å². The van der Waals surface area contributed by atoms with Crippen LogP contribution in [0, 0.1) is 43.9 Å². The fourth-order valence-corrected chi connectivity index (χ4v) is 6.90. The van der Waals surface area contributed by atoms with Crippen molar-refractivity contribution in [1.82, 2.24) is 0 Å². The number of esters is 3. The highest BCUT2D eigenvalue weighted by Crippen LogP contribution is 2.36. The molecule has 22 heteroatoms. The first-order valence-corrected chi connectivity index (χ1v) is 20.4. The van der Waals surface area contributed by atoms with E-state index in [1.165, 1.54) is 51.1 Å². The predicted octanol–water partition coefficient (Wildman–Crippen LogP) is 5.53. The molecule has 3 fully saturated rings. The molecule has 5 rings (SSSR count). The SMILES string of the molecule is CC(=O)OCC1OC(OC(C)=O)C[C@@H](C)[C@@H]1C.CC(=O)OCC1O[C@@H](Oc2ccc([N+](=O)[O-])cc2Cl)C[C@@H](C)[C@@H]1C.O=[N+]([O-])c1ccc(O[C@H]2C[C@@H](O)[C@H](O)C(CO)O2)c(Cl)c1. The van der Waals surface area contributed by atoms with Crippen molar-refractivity contribution < 1.29 is 77.4 Å². The van der Waals surface area contributed by atoms with Crippen LogP contribution in [0.3, 0.4) is 0 Å². The van der Waals surface area contributed by atoms with E-state index in [0.717, 1.165) is 6.07 Å². The van der Waals surface area contributed by atoms with Crippen molar-refractivity contribution in [1.29, 1.82) is 0 Å². The third-order valence-electron chi connectivity index (χ3n) is 10.4. The zero-order valence-electron chi connectivity index (χ0n) is 35.3. The second-order valence-electron chi connectivity index (χ2n) is 15.1. The number of hydrogen-bond donors (Lipinski definition) is 3. The Morgan fingerprint density at radius 3 is 1.47 bits per heavy atom. The quantitative estimate of drug-likeness (QED) is 0.102. The number of carbonyl (C=O) groups excluding carboxylic acids is 3. The lowest BCUT2D eigenvalue weighted by Crippen LogP contribution is -2.51. The number of benzene rings is 2. The smallest absolute Gasteiger partial charge is 0.304 e. The van der Waals surface area contributed by atoms with Crippen LogP contribution in [0.15, 0.2) is 36.4 Å². The van der Waals surface area contributed by atoms with Gasteiger partial charge in [-0.05, 0) is 35.8 Å². The summed E-state index contributed by atoms with van der Waals surface area (Å²) in [7, 11) is 0. The Kier molecular flexibility index (Phi) is 20.5. The Morgan fingerprint density at radius 1 is 0.677 bits per heavy atom. The standard InChI is InChI=1S/C16H20ClNO6.C12H14ClNO7.C12H20O5/c1-9-6-16(24-15(10(9)2)8-22-11(3)19)23-14-5-4-12(18(20)21)7-13(14)17;13-7-3-6(14(18)19)1-2-9(7)20-11-4-8(16)12(17)10(5-15)21-11;1-7-5-12(16-10(4)14)17-11(8(7)2)6-15-9(3)13/h4-5,7,9-10,15-16H,6,8H2,1-3H3;1-3,8,10-12,15-17H,4-5H2;7-8,11-12H,5-6H2,1-4H3/t9-,10+,15?,16-;8-,10?,11-,12+;7-,8+,11?,12?/m111/s1. The van der Waals surface area contributed by atoms with Gasteiger partial charge in [-0.15, -0.1) is 0 Å². The zero-order chi connectivity index (χ0) is 46.4. The van der Waals surface area contributed by atoms with Gasteiger partial charge in [0.2, 0.25) is 18.9 Å². The minimum Gasteiger partial charge on any atom is -0.463 e. The van der Waals surface area contributed by atoms with Gasteiger partial charge in [0, 0.05) is 64.3 Å². The summed E-state index contributed by atoms with van der Waals surface area (Å²) in [6.45, 7) is 12.2. The molecule has 0 bridgehead atoms. The van der Waals surface area contributed by atoms with Crippen LogP contribution in [0.1, 0.15) is 67.7 Å². The lowest BCUT2D eigenvalue weighted by molar-refractivity contribution is -0.385. The summed E-state index contributed by atoms with van der Waals surface area (Å²) in [5.74, 6) is 0.534. The molecule has 3 heterocycles. The van der Waals surface area contributed by atoms with E-state index in [1.54, 1.807) is 0 Å². The number of aliphatic hydroxyl groups excluding tert-OH is 3. The van der Waals surface area contributed by atoms with Gasteiger partial charge in [-0.25, -0.2) is 0 Å². The second kappa shape index (κ2) is 24.4. The number of nitrogens with zero attached hydrogens (tertiary/aromatic N) is 2. The molecule has 3 aliphatic heterocycles. The maximum Gasteiger partial charge on any atom is 0.304 e. The van der Waals surface area contributed by atoms with Gasteiger partial charge in [0.25, 0.3) is 11.4 Å². The van der Waals surface area contributed by atoms with Crippen LogP contribution in [0.25, 0.3) is 0 Å². The molecule has 2 aromatic carbocycles. The van der Waals surface area contributed by atoms with Crippen molar-refractivity contribution in [2.75, 3.05) is 19.8 Å². The largest absolute Gasteiger partial charge is 0.463 e. The van der Waals surface area contributed by atoms with E-state index in [2.05, 4.69) is 13.8 Å². The minimum atomic E-state index is -1.21. The molecule has 0 spiro atoms. The molecule has 62 heavy (non-hydrogen) atoms. The van der Waals surface area contributed by atoms with E-state index in [0.29, 0.717) is 30.4 Å². The van der Waals surface area contributed by atoms with Gasteiger partial charge >= 0.3 is 17.9 Å². The number of rotatable bonds is 12. The lowest BCUT2D eigenvalue weighted by Gasteiger charge is -2.38. The number of nitro groups is 2. The zero-order valence-corrected chi connectivity index (χ0v) is 36.8. The molecule has 3 aliphatic rings. The van der Waals surface area contributed by atoms with E-state index in [9.17, 15) is 44.8 Å². The number of halogens is 2. The van der Waals surface area contributed by atoms with Gasteiger partial charge in [0.15, 0.2) is 0 Å². The molecule has 4 unspecified atom stereocenters. The molecule has 20 nitrogen and oxygen atoms in total. The fourth-order valence-electron chi connectivity index (χ4n) is 6.46. The Bertz CT molecular complexity index is 1840. The summed E-state index contributed by atoms with van der Waals surface area (Å²) in [5.41, 5.74) is -0.285. The third kappa shape index (κ3) is 16.1. The molecule has 12 atom stereocenters. The number of ether oxygens (including phenoxy) is 8. The Morgan fingerprint density at radius 2 is 1.08 bits per heavy atom. The van der Waals surface area contributed by atoms with Crippen LogP contribution in [0.2, 0.25) is 10.0 Å². The van der Waals surface area contributed by atoms with Gasteiger partial charge < -0.3 is 53.2 Å². The molecule has 2 aromatic rings. The average Bonchev–Trinajstić information content (AvgIpc) is 3.19. The summed E-state index contributed by atoms with van der Waals surface area (Å²) in [5, 5.41) is 49.8. The Hall–Kier alpha value is -4.41. The first-order valence-electron chi connectivity index (χ1n) is 19.7. The summed E-state index contributed by atoms with van der Waals surface area (Å²) in [6, 6.07) is 7.69. The van der Waals surface area contributed by atoms with Crippen LogP contribution >= 0.6 is 23.2 Å². The molecule has 0 aromatic heterocycles. The van der Waals surface area contributed by atoms with Crippen molar-refractivity contribution in [2.24, 2.45) is 23.7 Å². The maximum absolute atomic E-state index is 11.0. The van der Waals surface area contributed by atoms with Crippen molar-refractivity contribution in [3.8, 4) is 11.5 Å². The molecule has 0 radical (unpaired) electrons. The van der Waals surface area contributed by atoms with Crippen molar-refractivity contribution in [2.45, 2.75) is 117 Å². The normalized spacial score (nSPS) is 29.2. The number of hydrogen-bond acceptors (Lipinski definition) is 18. The van der Waals surface area contributed by atoms with Gasteiger partial charge in [0.05, 0.1) is 44.8 Å². The van der Waals surface area contributed by atoms with E-state index in [-0.39, 0.29) is 88.8 Å². The van der Waals surface area contributed by atoms with Crippen LogP contribution in [0.4, 0.5) is 11.4 Å². The minimum absolute atomic E-state index is 0.0222. The van der Waals surface area contributed by atoms with Crippen LogP contribution in [-0.2, 0) is 42.8 Å². The maximum atomic E-state index is 11.0. The number of carbonyl (C=O) groups is 3. The summed E-state index contributed by atoms with van der Waals surface area (Å²) >= 11 is 11.9. The van der Waals surface area contributed by atoms with Crippen molar-refractivity contribution in [3.05, 3.63) is 66.7 Å². The highest BCUT2D eigenvalue weighted by molar-refractivity contribution is 6.32. The van der Waals surface area contributed by atoms with Gasteiger partial charge in [-0.3, -0.25) is 34.6 Å². The van der Waals surface area contributed by atoms with Crippen LogP contribution in [-0.4, -0.2) is 112 Å². The van der Waals surface area contributed by atoms with Crippen molar-refractivity contribution >= 4 is 52.5 Å². The summed E-state index contributed by atoms with van der Waals surface area (Å²) < 4.78 is 43.0. The van der Waals surface area contributed by atoms with Gasteiger partial charge in [-0.2, -0.15) is 0 Å². The van der Waals surface area contributed by atoms with Gasteiger partial charge in [0.1, 0.15) is 36.9 Å². The number of nitro benzene ring substituents is 2. The average molecular weight is 922 g/mol. The molecular weight excluding hydrogens is 867 g/mol. The first-order chi connectivity index (χ1) is 29.1. The summed E-state index contributed by atoms with van der Waals surface area (Å²) in [4.78, 5) is 52.9.